The predicted molar refractivity (Wildman–Crippen MR) is 49.8 cm³/mol. The van der Waals surface area contributed by atoms with E-state index >= 15 is 0 Å². The molecule has 0 atom stereocenters. The van der Waals surface area contributed by atoms with Crippen LogP contribution in [0.2, 0.25) is 5.02 Å². The lowest BCUT2D eigenvalue weighted by atomic mass is 10.3. The van der Waals surface area contributed by atoms with Gasteiger partial charge in [0.05, 0.1) is 5.02 Å². The fraction of sp³-hybridized carbons (Fsp3) is 0.111. The number of halogens is 2. The Balaban J connectivity index is 2.89. The Morgan fingerprint density at radius 3 is 2.75 bits per heavy atom. The van der Waals surface area contributed by atoms with Gasteiger partial charge in [0.2, 0.25) is 0 Å². The minimum Gasteiger partial charge on any atom is -0.360 e. The van der Waals surface area contributed by atoms with Crippen LogP contribution < -0.4 is 5.32 Å². The first-order chi connectivity index (χ1) is 5.59. The summed E-state index contributed by atoms with van der Waals surface area (Å²) in [7, 11) is 0. The van der Waals surface area contributed by atoms with Crippen LogP contribution in [0.15, 0.2) is 30.5 Å². The molecule has 1 aromatic carbocycles. The van der Waals surface area contributed by atoms with Crippen LogP contribution in [-0.2, 0) is 0 Å². The van der Waals surface area contributed by atoms with E-state index in [0.717, 1.165) is 11.4 Å². The number of nitrogens with one attached hydrogen (secondary N) is 1. The lowest BCUT2D eigenvalue weighted by Gasteiger charge is -2.04. The monoisotopic (exact) mass is 185 g/mol. The van der Waals surface area contributed by atoms with E-state index in [9.17, 15) is 4.39 Å². The predicted octanol–water partition coefficient (Wildman–Crippen LogP) is 3.42. The summed E-state index contributed by atoms with van der Waals surface area (Å²) >= 11 is 5.55. The van der Waals surface area contributed by atoms with Crippen LogP contribution in [0, 0.1) is 5.82 Å². The van der Waals surface area contributed by atoms with Gasteiger partial charge in [0, 0.05) is 11.4 Å². The first-order valence-corrected chi connectivity index (χ1v) is 3.85. The van der Waals surface area contributed by atoms with Crippen LogP contribution in [0.5, 0.6) is 0 Å². The second kappa shape index (κ2) is 3.59. The highest BCUT2D eigenvalue weighted by molar-refractivity contribution is 6.31. The first kappa shape index (κ1) is 9.07. The number of hydrogen-bond acceptors (Lipinski definition) is 1. The van der Waals surface area contributed by atoms with Gasteiger partial charge in [-0.25, -0.2) is 4.39 Å². The molecule has 0 aliphatic heterocycles. The summed E-state index contributed by atoms with van der Waals surface area (Å²) in [5.41, 5.74) is 1.53. The molecule has 0 heterocycles. The Bertz CT molecular complexity index is 309. The normalized spacial score (nSPS) is 9.58. The minimum atomic E-state index is -0.413. The third-order valence-electron chi connectivity index (χ3n) is 1.28. The van der Waals surface area contributed by atoms with Gasteiger partial charge < -0.3 is 5.32 Å². The van der Waals surface area contributed by atoms with E-state index in [4.69, 9.17) is 11.6 Å². The summed E-state index contributed by atoms with van der Waals surface area (Å²) in [5.74, 6) is -0.413. The molecule has 1 N–H and O–H groups in total. The second-order valence-corrected chi connectivity index (χ2v) is 2.94. The molecule has 0 saturated carbocycles. The Morgan fingerprint density at radius 1 is 1.58 bits per heavy atom. The Labute approximate surface area is 75.9 Å². The molecule has 0 radical (unpaired) electrons. The Hall–Kier alpha value is -1.02. The molecule has 0 amide bonds. The van der Waals surface area contributed by atoms with Gasteiger partial charge in [-0.1, -0.05) is 18.2 Å². The third-order valence-corrected chi connectivity index (χ3v) is 1.57. The Morgan fingerprint density at radius 2 is 2.25 bits per heavy atom. The number of benzene rings is 1. The van der Waals surface area contributed by atoms with Crippen molar-refractivity contribution in [2.75, 3.05) is 5.32 Å². The zero-order valence-corrected chi connectivity index (χ0v) is 7.45. The molecule has 0 spiro atoms. The molecule has 64 valence electrons. The number of hydrogen-bond donors (Lipinski definition) is 1. The summed E-state index contributed by atoms with van der Waals surface area (Å²) in [4.78, 5) is 0. The zero-order valence-electron chi connectivity index (χ0n) is 6.70. The molecule has 0 bridgehead atoms. The standard InChI is InChI=1S/C9H9ClFN/c1-6(2)12-7-3-4-9(11)8(10)5-7/h3-5,12H,1H2,2H3. The minimum absolute atomic E-state index is 0.112. The van der Waals surface area contributed by atoms with Gasteiger partial charge in [-0.3, -0.25) is 0 Å². The molecule has 0 aliphatic carbocycles. The zero-order chi connectivity index (χ0) is 9.14. The van der Waals surface area contributed by atoms with E-state index in [0.29, 0.717) is 0 Å². The number of anilines is 1. The van der Waals surface area contributed by atoms with Crippen molar-refractivity contribution in [1.82, 2.24) is 0 Å². The molecule has 12 heavy (non-hydrogen) atoms. The smallest absolute Gasteiger partial charge is 0.141 e. The van der Waals surface area contributed by atoms with Gasteiger partial charge in [-0.05, 0) is 25.1 Å². The van der Waals surface area contributed by atoms with Crippen molar-refractivity contribution in [2.24, 2.45) is 0 Å². The van der Waals surface area contributed by atoms with Crippen LogP contribution in [0.4, 0.5) is 10.1 Å². The average molecular weight is 186 g/mol. The average Bonchev–Trinajstić information content (AvgIpc) is 1.96. The molecule has 0 saturated heterocycles. The van der Waals surface area contributed by atoms with Crippen LogP contribution in [0.3, 0.4) is 0 Å². The lowest BCUT2D eigenvalue weighted by molar-refractivity contribution is 0.628. The summed E-state index contributed by atoms with van der Waals surface area (Å²) < 4.78 is 12.7. The lowest BCUT2D eigenvalue weighted by Crippen LogP contribution is -1.93. The fourth-order valence-electron chi connectivity index (χ4n) is 0.820. The van der Waals surface area contributed by atoms with Crippen LogP contribution in [-0.4, -0.2) is 0 Å². The Kier molecular flexibility index (Phi) is 2.71. The van der Waals surface area contributed by atoms with Crippen LogP contribution in [0.1, 0.15) is 6.92 Å². The fourth-order valence-corrected chi connectivity index (χ4v) is 1.00. The van der Waals surface area contributed by atoms with Crippen molar-refractivity contribution in [2.45, 2.75) is 6.92 Å². The number of allylic oxidation sites excluding steroid dienone is 1. The van der Waals surface area contributed by atoms with Gasteiger partial charge in [0.1, 0.15) is 5.82 Å². The van der Waals surface area contributed by atoms with Crippen molar-refractivity contribution in [1.29, 1.82) is 0 Å². The molecular weight excluding hydrogens is 177 g/mol. The molecule has 0 aliphatic rings. The summed E-state index contributed by atoms with van der Waals surface area (Å²) in [5, 5.41) is 3.04. The molecule has 0 aromatic heterocycles. The summed E-state index contributed by atoms with van der Waals surface area (Å²) in [6, 6.07) is 4.44. The van der Waals surface area contributed by atoms with E-state index in [2.05, 4.69) is 11.9 Å². The van der Waals surface area contributed by atoms with E-state index < -0.39 is 5.82 Å². The molecule has 0 fully saturated rings. The van der Waals surface area contributed by atoms with Crippen molar-refractivity contribution >= 4 is 17.3 Å². The van der Waals surface area contributed by atoms with E-state index in [1.165, 1.54) is 12.1 Å². The first-order valence-electron chi connectivity index (χ1n) is 3.47. The van der Waals surface area contributed by atoms with Gasteiger partial charge >= 0.3 is 0 Å². The maximum atomic E-state index is 12.7. The highest BCUT2D eigenvalue weighted by Gasteiger charge is 1.99. The van der Waals surface area contributed by atoms with Crippen molar-refractivity contribution in [3.05, 3.63) is 41.3 Å². The highest BCUT2D eigenvalue weighted by Crippen LogP contribution is 2.19. The SMILES string of the molecule is C=C(C)Nc1ccc(F)c(Cl)c1. The quantitative estimate of drug-likeness (QED) is 0.745. The van der Waals surface area contributed by atoms with Crippen molar-refractivity contribution in [3.63, 3.8) is 0 Å². The maximum Gasteiger partial charge on any atom is 0.141 e. The summed E-state index contributed by atoms with van der Waals surface area (Å²) in [6.07, 6.45) is 0. The highest BCUT2D eigenvalue weighted by atomic mass is 35.5. The van der Waals surface area contributed by atoms with Crippen molar-refractivity contribution in [3.8, 4) is 0 Å². The number of rotatable bonds is 2. The molecular formula is C9H9ClFN. The second-order valence-electron chi connectivity index (χ2n) is 2.53. The van der Waals surface area contributed by atoms with Gasteiger partial charge in [0.25, 0.3) is 0 Å². The largest absolute Gasteiger partial charge is 0.360 e. The molecule has 1 nitrogen and oxygen atoms in total. The maximum absolute atomic E-state index is 12.7. The van der Waals surface area contributed by atoms with Crippen LogP contribution in [0.25, 0.3) is 0 Å². The molecule has 3 heteroatoms. The van der Waals surface area contributed by atoms with Crippen LogP contribution >= 0.6 is 11.6 Å². The van der Waals surface area contributed by atoms with Crippen molar-refractivity contribution < 1.29 is 4.39 Å². The molecule has 0 unspecified atom stereocenters. The topological polar surface area (TPSA) is 12.0 Å². The van der Waals surface area contributed by atoms with Gasteiger partial charge in [-0.2, -0.15) is 0 Å². The summed E-state index contributed by atoms with van der Waals surface area (Å²) in [6.45, 7) is 5.47. The molecule has 1 aromatic rings. The van der Waals surface area contributed by atoms with E-state index in [1.807, 2.05) is 6.92 Å². The third kappa shape index (κ3) is 2.24. The van der Waals surface area contributed by atoms with Gasteiger partial charge in [0.15, 0.2) is 0 Å². The van der Waals surface area contributed by atoms with E-state index in [1.54, 1.807) is 6.07 Å². The molecule has 1 rings (SSSR count). The van der Waals surface area contributed by atoms with Gasteiger partial charge in [-0.15, -0.1) is 0 Å². The van der Waals surface area contributed by atoms with E-state index in [-0.39, 0.29) is 5.02 Å².